The molecule has 31 heavy (non-hydrogen) atoms. The molecule has 1 aromatic carbocycles. The summed E-state index contributed by atoms with van der Waals surface area (Å²) in [7, 11) is 1.45. The number of amides is 3. The SMILES string of the molecule is COCC(=O)Nc1cnn(-c2cccc(C(=O)N3CCN(C4CCCC4)C(=O)C3)c2)c1. The van der Waals surface area contributed by atoms with E-state index in [1.54, 1.807) is 34.0 Å². The zero-order valence-corrected chi connectivity index (χ0v) is 17.6. The summed E-state index contributed by atoms with van der Waals surface area (Å²) in [6.45, 7) is 1.22. The number of rotatable bonds is 6. The van der Waals surface area contributed by atoms with Gasteiger partial charge in [0.1, 0.15) is 13.2 Å². The smallest absolute Gasteiger partial charge is 0.254 e. The number of aromatic nitrogens is 2. The van der Waals surface area contributed by atoms with Gasteiger partial charge in [0.05, 0.1) is 23.8 Å². The molecule has 0 spiro atoms. The van der Waals surface area contributed by atoms with Gasteiger partial charge in [0, 0.05) is 31.8 Å². The molecule has 2 heterocycles. The Balaban J connectivity index is 1.42. The summed E-state index contributed by atoms with van der Waals surface area (Å²) < 4.78 is 6.39. The Morgan fingerprint density at radius 1 is 1.23 bits per heavy atom. The molecule has 0 bridgehead atoms. The summed E-state index contributed by atoms with van der Waals surface area (Å²) in [4.78, 5) is 40.9. The van der Waals surface area contributed by atoms with Gasteiger partial charge in [-0.2, -0.15) is 5.10 Å². The zero-order chi connectivity index (χ0) is 21.8. The predicted molar refractivity (Wildman–Crippen MR) is 114 cm³/mol. The summed E-state index contributed by atoms with van der Waals surface area (Å²) in [6, 6.07) is 7.43. The Bertz CT molecular complexity index is 966. The molecule has 0 atom stereocenters. The molecule has 1 N–H and O–H groups in total. The second-order valence-corrected chi connectivity index (χ2v) is 7.96. The molecule has 9 nitrogen and oxygen atoms in total. The van der Waals surface area contributed by atoms with Gasteiger partial charge in [0.2, 0.25) is 11.8 Å². The van der Waals surface area contributed by atoms with Crippen molar-refractivity contribution in [3.63, 3.8) is 0 Å². The maximum atomic E-state index is 13.0. The van der Waals surface area contributed by atoms with Gasteiger partial charge in [-0.05, 0) is 31.0 Å². The van der Waals surface area contributed by atoms with Crippen LogP contribution in [0.1, 0.15) is 36.0 Å². The molecule has 9 heteroatoms. The van der Waals surface area contributed by atoms with Crippen molar-refractivity contribution in [2.75, 3.05) is 38.7 Å². The summed E-state index contributed by atoms with van der Waals surface area (Å²) >= 11 is 0. The number of ether oxygens (including phenoxy) is 1. The second-order valence-electron chi connectivity index (χ2n) is 7.96. The van der Waals surface area contributed by atoms with Crippen molar-refractivity contribution in [2.24, 2.45) is 0 Å². The monoisotopic (exact) mass is 425 g/mol. The maximum Gasteiger partial charge on any atom is 0.254 e. The lowest BCUT2D eigenvalue weighted by Gasteiger charge is -2.37. The highest BCUT2D eigenvalue weighted by atomic mass is 16.5. The molecule has 0 unspecified atom stereocenters. The van der Waals surface area contributed by atoms with Crippen molar-refractivity contribution in [3.8, 4) is 5.69 Å². The quantitative estimate of drug-likeness (QED) is 0.760. The highest BCUT2D eigenvalue weighted by molar-refractivity contribution is 5.97. The Morgan fingerprint density at radius 3 is 2.77 bits per heavy atom. The molecule has 1 saturated carbocycles. The number of nitrogens with one attached hydrogen (secondary N) is 1. The minimum absolute atomic E-state index is 0.0335. The van der Waals surface area contributed by atoms with Gasteiger partial charge in [-0.3, -0.25) is 14.4 Å². The minimum Gasteiger partial charge on any atom is -0.375 e. The molecule has 1 aromatic heterocycles. The van der Waals surface area contributed by atoms with E-state index in [1.807, 2.05) is 11.0 Å². The fourth-order valence-corrected chi connectivity index (χ4v) is 4.28. The second kappa shape index (κ2) is 9.30. The molecular formula is C22H27N5O4. The number of nitrogens with zero attached hydrogens (tertiary/aromatic N) is 4. The molecule has 2 aromatic rings. The van der Waals surface area contributed by atoms with E-state index in [9.17, 15) is 14.4 Å². The molecule has 1 aliphatic heterocycles. The van der Waals surface area contributed by atoms with E-state index in [0.29, 0.717) is 36.1 Å². The Kier molecular flexibility index (Phi) is 6.31. The summed E-state index contributed by atoms with van der Waals surface area (Å²) in [5, 5.41) is 6.94. The van der Waals surface area contributed by atoms with Gasteiger partial charge in [-0.1, -0.05) is 18.9 Å². The van der Waals surface area contributed by atoms with E-state index in [0.717, 1.165) is 12.8 Å². The van der Waals surface area contributed by atoms with Crippen molar-refractivity contribution < 1.29 is 19.1 Å². The van der Waals surface area contributed by atoms with Crippen LogP contribution in [0.5, 0.6) is 0 Å². The fraction of sp³-hybridized carbons (Fsp3) is 0.455. The molecule has 1 saturated heterocycles. The van der Waals surface area contributed by atoms with Gasteiger partial charge in [0.25, 0.3) is 5.91 Å². The van der Waals surface area contributed by atoms with Crippen LogP contribution in [0, 0.1) is 0 Å². The van der Waals surface area contributed by atoms with Crippen LogP contribution in [0.15, 0.2) is 36.7 Å². The lowest BCUT2D eigenvalue weighted by Crippen LogP contribution is -2.54. The molecular weight excluding hydrogens is 398 g/mol. The first-order valence-corrected chi connectivity index (χ1v) is 10.6. The van der Waals surface area contributed by atoms with E-state index in [-0.39, 0.29) is 30.9 Å². The van der Waals surface area contributed by atoms with Crippen LogP contribution in [0.4, 0.5) is 5.69 Å². The zero-order valence-electron chi connectivity index (χ0n) is 17.6. The summed E-state index contributed by atoms with van der Waals surface area (Å²) in [5.41, 5.74) is 1.72. The van der Waals surface area contributed by atoms with Crippen molar-refractivity contribution in [2.45, 2.75) is 31.7 Å². The van der Waals surface area contributed by atoms with Crippen LogP contribution in [-0.2, 0) is 14.3 Å². The van der Waals surface area contributed by atoms with E-state index in [1.165, 1.54) is 26.1 Å². The van der Waals surface area contributed by atoms with Gasteiger partial charge in [0.15, 0.2) is 0 Å². The molecule has 2 fully saturated rings. The highest BCUT2D eigenvalue weighted by Crippen LogP contribution is 2.25. The van der Waals surface area contributed by atoms with E-state index in [4.69, 9.17) is 4.74 Å². The van der Waals surface area contributed by atoms with Gasteiger partial charge < -0.3 is 19.9 Å². The number of piperazine rings is 1. The number of benzene rings is 1. The average Bonchev–Trinajstić information content (AvgIpc) is 3.46. The Morgan fingerprint density at radius 2 is 2.03 bits per heavy atom. The molecule has 0 radical (unpaired) electrons. The number of hydrogen-bond donors (Lipinski definition) is 1. The largest absolute Gasteiger partial charge is 0.375 e. The molecule has 3 amide bonds. The van der Waals surface area contributed by atoms with Crippen LogP contribution in [0.3, 0.4) is 0 Å². The number of methoxy groups -OCH3 is 1. The maximum absolute atomic E-state index is 13.0. The van der Waals surface area contributed by atoms with E-state index < -0.39 is 0 Å². The lowest BCUT2D eigenvalue weighted by molar-refractivity contribution is -0.137. The van der Waals surface area contributed by atoms with E-state index >= 15 is 0 Å². The van der Waals surface area contributed by atoms with Crippen molar-refractivity contribution >= 4 is 23.4 Å². The number of carbonyl (C=O) groups is 3. The minimum atomic E-state index is -0.271. The van der Waals surface area contributed by atoms with Crippen molar-refractivity contribution in [1.82, 2.24) is 19.6 Å². The van der Waals surface area contributed by atoms with Gasteiger partial charge in [-0.25, -0.2) is 4.68 Å². The third-order valence-corrected chi connectivity index (χ3v) is 5.81. The van der Waals surface area contributed by atoms with Gasteiger partial charge >= 0.3 is 0 Å². The molecule has 1 aliphatic carbocycles. The standard InChI is InChI=1S/C22H27N5O4/c1-31-15-20(28)24-17-12-23-27(13-17)19-8-4-5-16(11-19)22(30)25-9-10-26(21(29)14-25)18-6-2-3-7-18/h4-5,8,11-13,18H,2-3,6-7,9-10,14-15H2,1H3,(H,24,28). The lowest BCUT2D eigenvalue weighted by atomic mass is 10.1. The number of hydrogen-bond acceptors (Lipinski definition) is 5. The predicted octanol–water partition coefficient (Wildman–Crippen LogP) is 1.68. The molecule has 2 aliphatic rings. The number of carbonyl (C=O) groups excluding carboxylic acids is 3. The molecule has 4 rings (SSSR count). The normalized spacial score (nSPS) is 17.3. The van der Waals surface area contributed by atoms with Crippen molar-refractivity contribution in [3.05, 3.63) is 42.2 Å². The summed E-state index contributed by atoms with van der Waals surface area (Å²) in [5.74, 6) is -0.402. The van der Waals surface area contributed by atoms with Crippen LogP contribution in [0.25, 0.3) is 5.69 Å². The van der Waals surface area contributed by atoms with Crippen LogP contribution < -0.4 is 5.32 Å². The van der Waals surface area contributed by atoms with E-state index in [2.05, 4.69) is 10.4 Å². The number of anilines is 1. The highest BCUT2D eigenvalue weighted by Gasteiger charge is 2.33. The first kappa shape index (κ1) is 21.0. The van der Waals surface area contributed by atoms with Crippen LogP contribution in [-0.4, -0.2) is 76.7 Å². The van der Waals surface area contributed by atoms with Crippen LogP contribution in [0.2, 0.25) is 0 Å². The Hall–Kier alpha value is -3.20. The van der Waals surface area contributed by atoms with Gasteiger partial charge in [-0.15, -0.1) is 0 Å². The summed E-state index contributed by atoms with van der Waals surface area (Å²) in [6.07, 6.45) is 7.69. The third-order valence-electron chi connectivity index (χ3n) is 5.81. The molecule has 164 valence electrons. The van der Waals surface area contributed by atoms with Crippen LogP contribution >= 0.6 is 0 Å². The average molecular weight is 425 g/mol. The fourth-order valence-electron chi connectivity index (χ4n) is 4.28. The Labute approximate surface area is 180 Å². The van der Waals surface area contributed by atoms with Crippen molar-refractivity contribution in [1.29, 1.82) is 0 Å². The first-order valence-electron chi connectivity index (χ1n) is 10.6. The first-order chi connectivity index (χ1) is 15.0. The third kappa shape index (κ3) is 4.77. The topological polar surface area (TPSA) is 96.8 Å².